The molecule has 1 fully saturated rings. The lowest BCUT2D eigenvalue weighted by molar-refractivity contribution is -0.275. The fourth-order valence-corrected chi connectivity index (χ4v) is 8.42. The van der Waals surface area contributed by atoms with E-state index >= 15 is 0 Å². The molecule has 0 spiro atoms. The molecule has 0 aromatic heterocycles. The molecule has 0 aromatic rings. The fraction of sp³-hybridized carbons (Fsp3) is 0.957. The Morgan fingerprint density at radius 3 is 1.61 bits per heavy atom. The third kappa shape index (κ3) is 27.1. The van der Waals surface area contributed by atoms with Crippen molar-refractivity contribution in [3.63, 3.8) is 0 Å². The Balaban J connectivity index is 2.09. The number of aliphatic hydroxyl groups is 4. The van der Waals surface area contributed by atoms with Gasteiger partial charge in [-0.2, -0.15) is 0 Å². The summed E-state index contributed by atoms with van der Waals surface area (Å²) in [5, 5.41) is 55.7. The zero-order chi connectivity index (χ0) is 46.0. The van der Waals surface area contributed by atoms with Crippen LogP contribution in [0.2, 0.25) is 0 Å². The number of nitrogens with one attached hydrogen (secondary N) is 5. The van der Waals surface area contributed by atoms with E-state index in [9.17, 15) is 30.0 Å². The van der Waals surface area contributed by atoms with Crippen molar-refractivity contribution in [2.75, 3.05) is 19.6 Å². The van der Waals surface area contributed by atoms with Gasteiger partial charge in [0.25, 0.3) is 5.91 Å². The molecule has 15 heteroatoms. The first-order valence-electron chi connectivity index (χ1n) is 25.3. The molecule has 1 rings (SSSR count). The van der Waals surface area contributed by atoms with Gasteiger partial charge in [0.15, 0.2) is 12.4 Å². The minimum Gasteiger partial charge on any atom is -0.387 e. The van der Waals surface area contributed by atoms with Crippen molar-refractivity contribution in [3.05, 3.63) is 0 Å². The van der Waals surface area contributed by atoms with Gasteiger partial charge in [-0.1, -0.05) is 143 Å². The van der Waals surface area contributed by atoms with Crippen LogP contribution in [0.25, 0.3) is 0 Å². The van der Waals surface area contributed by atoms with Gasteiger partial charge >= 0.3 is 0 Å². The summed E-state index contributed by atoms with van der Waals surface area (Å²) in [6.45, 7) is 10.7. The number of ether oxygens (including phenoxy) is 1. The van der Waals surface area contributed by atoms with Gasteiger partial charge < -0.3 is 58.3 Å². The van der Waals surface area contributed by atoms with Crippen molar-refractivity contribution < 1.29 is 34.8 Å². The maximum Gasteiger partial charge on any atom is 0.252 e. The summed E-state index contributed by atoms with van der Waals surface area (Å²) >= 11 is 0. The van der Waals surface area contributed by atoms with Gasteiger partial charge in [0.1, 0.15) is 18.3 Å². The lowest BCUT2D eigenvalue weighted by Gasteiger charge is -2.37. The summed E-state index contributed by atoms with van der Waals surface area (Å²) < 4.78 is 4.95. The first kappa shape index (κ1) is 58.5. The van der Waals surface area contributed by atoms with Gasteiger partial charge in [-0.25, -0.2) is 0 Å². The van der Waals surface area contributed by atoms with Crippen molar-refractivity contribution >= 4 is 11.8 Å². The molecule has 11 unspecified atom stereocenters. The van der Waals surface area contributed by atoms with Crippen molar-refractivity contribution in [2.24, 2.45) is 23.1 Å². The van der Waals surface area contributed by atoms with Gasteiger partial charge in [-0.15, -0.1) is 0 Å². The Morgan fingerprint density at radius 2 is 1.08 bits per heavy atom. The summed E-state index contributed by atoms with van der Waals surface area (Å²) in [4.78, 5) is 24.7. The van der Waals surface area contributed by atoms with Gasteiger partial charge in [0, 0.05) is 38.1 Å². The highest BCUT2D eigenvalue weighted by atomic mass is 16.6. The van der Waals surface area contributed by atoms with E-state index in [4.69, 9.17) is 21.9 Å². The first-order chi connectivity index (χ1) is 29.9. The van der Waals surface area contributed by atoms with Gasteiger partial charge in [0.05, 0.1) is 18.5 Å². The van der Waals surface area contributed by atoms with Gasteiger partial charge in [-0.05, 0) is 57.3 Å². The normalized spacial score (nSPS) is 22.1. The Hall–Kier alpha value is -1.50. The lowest BCUT2D eigenvalue weighted by atomic mass is 9.87. The van der Waals surface area contributed by atoms with Crippen LogP contribution < -0.4 is 43.8 Å². The van der Waals surface area contributed by atoms with E-state index in [1.165, 1.54) is 64.2 Å². The molecule has 368 valence electrons. The predicted octanol–water partition coefficient (Wildman–Crippen LogP) is 4.61. The van der Waals surface area contributed by atoms with E-state index in [0.29, 0.717) is 18.9 Å². The second-order valence-electron chi connectivity index (χ2n) is 18.2. The van der Waals surface area contributed by atoms with E-state index in [1.54, 1.807) is 0 Å². The third-order valence-corrected chi connectivity index (χ3v) is 12.6. The first-order valence-corrected chi connectivity index (χ1v) is 25.3. The van der Waals surface area contributed by atoms with Crippen LogP contribution in [0, 0.1) is 5.92 Å². The maximum atomic E-state index is 12.4. The summed E-state index contributed by atoms with van der Waals surface area (Å²) in [5.41, 5.74) is 19.5. The molecule has 1 saturated heterocycles. The zero-order valence-electron chi connectivity index (χ0n) is 39.8. The molecule has 0 aromatic carbocycles. The van der Waals surface area contributed by atoms with Crippen LogP contribution in [-0.4, -0.2) is 113 Å². The van der Waals surface area contributed by atoms with Crippen LogP contribution in [0.5, 0.6) is 0 Å². The number of hydrogen-bond donors (Lipinski definition) is 12. The van der Waals surface area contributed by atoms with Crippen molar-refractivity contribution in [1.29, 1.82) is 0 Å². The topological polar surface area (TPSA) is 262 Å². The van der Waals surface area contributed by atoms with Crippen molar-refractivity contribution in [2.45, 2.75) is 262 Å². The number of carbonyl (C=O) groups excluding carboxylic acids is 2. The molecule has 15 nitrogen and oxygen atoms in total. The highest BCUT2D eigenvalue weighted by Crippen LogP contribution is 2.21. The monoisotopic (exact) mass is 887 g/mol. The molecule has 1 heterocycles. The minimum atomic E-state index is -1.72. The summed E-state index contributed by atoms with van der Waals surface area (Å²) in [7, 11) is 0. The number of unbranched alkanes of at least 4 members (excludes halogenated alkanes) is 17. The molecule has 1 aliphatic rings. The quantitative estimate of drug-likeness (QED) is 0.0296. The minimum absolute atomic E-state index is 0.0242. The van der Waals surface area contributed by atoms with E-state index in [-0.39, 0.29) is 36.5 Å². The van der Waals surface area contributed by atoms with Gasteiger partial charge in [0.2, 0.25) is 5.91 Å². The van der Waals surface area contributed by atoms with Crippen molar-refractivity contribution in [1.82, 2.24) is 26.6 Å². The smallest absolute Gasteiger partial charge is 0.252 e. The number of carbonyl (C=O) groups is 2. The molecule has 0 saturated carbocycles. The number of hydrogen-bond acceptors (Lipinski definition) is 13. The largest absolute Gasteiger partial charge is 0.387 e. The fourth-order valence-electron chi connectivity index (χ4n) is 8.42. The van der Waals surface area contributed by atoms with Gasteiger partial charge in [-0.3, -0.25) is 20.2 Å². The average molecular weight is 887 g/mol. The second-order valence-corrected chi connectivity index (χ2v) is 18.2. The van der Waals surface area contributed by atoms with E-state index < -0.39 is 36.6 Å². The summed E-state index contributed by atoms with van der Waals surface area (Å²) in [6.07, 6.45) is 21.4. The number of nitrogens with two attached hydrogens (primary N) is 3. The molecule has 0 aliphatic carbocycles. The molecular formula is C47H98N8O7. The maximum absolute atomic E-state index is 12.4. The van der Waals surface area contributed by atoms with Crippen LogP contribution >= 0.6 is 0 Å². The highest BCUT2D eigenvalue weighted by Gasteiger charge is 2.46. The van der Waals surface area contributed by atoms with Crippen LogP contribution in [0.1, 0.15) is 201 Å². The Kier molecular flexibility index (Phi) is 35.6. The number of rotatable bonds is 41. The van der Waals surface area contributed by atoms with Crippen LogP contribution in [0.3, 0.4) is 0 Å². The summed E-state index contributed by atoms with van der Waals surface area (Å²) in [6, 6.07) is 0.175. The van der Waals surface area contributed by atoms with Crippen LogP contribution in [0.4, 0.5) is 0 Å². The molecule has 2 amide bonds. The number of aliphatic hydroxyl groups excluding tert-OH is 4. The van der Waals surface area contributed by atoms with E-state index in [2.05, 4.69) is 54.3 Å². The molecule has 62 heavy (non-hydrogen) atoms. The standard InChI is InChI=1S/C47H98N8O7/c1-5-28-38(50)55-41(36(48)7-3)35(34-53-39(29-6-2)54-37(49)8-4)30-24-21-23-26-32-51-40(56)31-25-20-18-16-14-12-10-9-11-13-15-17-19-22-27-33-52-46(60)45-43(58)42(57)44(59)47(61)62-45/h35-39,41-45,47,53-55,57-59,61H,5-34,48-50H2,1-4H3,(H,51,56)(H,52,60). The number of amides is 2. The van der Waals surface area contributed by atoms with Crippen molar-refractivity contribution in [3.8, 4) is 0 Å². The second kappa shape index (κ2) is 37.7. The molecular weight excluding hydrogens is 789 g/mol. The molecule has 1 aliphatic heterocycles. The molecule has 0 radical (unpaired) electrons. The average Bonchev–Trinajstić information content (AvgIpc) is 3.25. The van der Waals surface area contributed by atoms with E-state index in [1.807, 2.05) is 0 Å². The lowest BCUT2D eigenvalue weighted by Crippen LogP contribution is -2.61. The molecule has 11 atom stereocenters. The molecule has 15 N–H and O–H groups in total. The van der Waals surface area contributed by atoms with Crippen LogP contribution in [0.15, 0.2) is 0 Å². The zero-order valence-corrected chi connectivity index (χ0v) is 39.8. The Labute approximate surface area is 377 Å². The Morgan fingerprint density at radius 1 is 0.565 bits per heavy atom. The third-order valence-electron chi connectivity index (χ3n) is 12.6. The highest BCUT2D eigenvalue weighted by molar-refractivity contribution is 5.81. The molecule has 0 bridgehead atoms. The van der Waals surface area contributed by atoms with Crippen LogP contribution in [-0.2, 0) is 14.3 Å². The van der Waals surface area contributed by atoms with E-state index in [0.717, 1.165) is 116 Å². The Bertz CT molecular complexity index is 1080. The predicted molar refractivity (Wildman–Crippen MR) is 252 cm³/mol. The summed E-state index contributed by atoms with van der Waals surface area (Å²) in [5.74, 6) is -0.0681. The SMILES string of the molecule is CCCC(N)NC(C(N)CC)C(CCCCCCNC(=O)CCCCCCCCCCCCCCCCCNC(=O)C1OC(O)C(O)C(O)C1O)CNC(CCC)NC(N)CC.